The number of aromatic nitrogens is 1. The molecule has 2 aromatic carbocycles. The summed E-state index contributed by atoms with van der Waals surface area (Å²) >= 11 is 13.0. The second-order valence-corrected chi connectivity index (χ2v) is 12.3. The number of pyridine rings is 1. The summed E-state index contributed by atoms with van der Waals surface area (Å²) in [5.41, 5.74) is 7.05. The maximum atomic E-state index is 12.8. The molecular formula is C35H39Cl2N3O5. The number of allylic oxidation sites excluding steroid dienone is 2. The Labute approximate surface area is 274 Å². The number of hydrogen-bond acceptors (Lipinski definition) is 8. The molecule has 10 heteroatoms. The van der Waals surface area contributed by atoms with Gasteiger partial charge in [-0.05, 0) is 100 Å². The Morgan fingerprint density at radius 1 is 0.933 bits per heavy atom. The van der Waals surface area contributed by atoms with Crippen molar-refractivity contribution in [1.29, 1.82) is 0 Å². The third kappa shape index (κ3) is 7.07. The number of hydrogen-bond donors (Lipinski definition) is 2. The number of carbonyl (C=O) groups is 2. The number of fused-ring (bicyclic) bond motifs is 2. The molecule has 0 radical (unpaired) electrons. The van der Waals surface area contributed by atoms with Gasteiger partial charge in [0, 0.05) is 44.8 Å². The Balaban J connectivity index is 1.19. The maximum Gasteiger partial charge on any atom is 0.336 e. The van der Waals surface area contributed by atoms with E-state index in [1.54, 1.807) is 26.0 Å². The lowest BCUT2D eigenvalue weighted by Gasteiger charge is -2.30. The van der Waals surface area contributed by atoms with E-state index in [4.69, 9.17) is 42.4 Å². The molecule has 238 valence electrons. The average molecular weight is 653 g/mol. The van der Waals surface area contributed by atoms with Crippen LogP contribution >= 0.6 is 23.2 Å². The first-order chi connectivity index (χ1) is 21.7. The van der Waals surface area contributed by atoms with E-state index in [0.717, 1.165) is 49.6 Å². The first-order valence-corrected chi connectivity index (χ1v) is 16.1. The van der Waals surface area contributed by atoms with E-state index >= 15 is 0 Å². The second kappa shape index (κ2) is 14.6. The number of anilines is 1. The minimum Gasteiger partial charge on any atom is -0.494 e. The molecule has 0 unspecified atom stereocenters. The van der Waals surface area contributed by atoms with Gasteiger partial charge in [0.25, 0.3) is 0 Å². The molecule has 3 aromatic rings. The quantitative estimate of drug-likeness (QED) is 0.161. The molecule has 1 aromatic heterocycles. The fourth-order valence-corrected chi connectivity index (χ4v) is 6.75. The standard InChI is InChI=1S/C35H39Cl2N3O5/c1-20-30(34(41)43-3)32(31(21(2)39-20)35(42)44-4)24-15-13-23(19-27(24)37)45-17-9-5-8-16-38-33-25-10-6-7-11-28(25)40-29-18-22(36)12-14-26(29)33/h12-15,18-19,32,39H,5-11,16-17H2,1-4H3,(H,38,40). The number of dihydropyridines is 1. The van der Waals surface area contributed by atoms with Crippen LogP contribution in [-0.2, 0) is 31.9 Å². The van der Waals surface area contributed by atoms with Crippen LogP contribution in [0.3, 0.4) is 0 Å². The number of unbranched alkanes of at least 4 members (excludes halogenated alkanes) is 2. The van der Waals surface area contributed by atoms with Crippen molar-refractivity contribution in [1.82, 2.24) is 10.3 Å². The predicted octanol–water partition coefficient (Wildman–Crippen LogP) is 7.66. The fraction of sp³-hybridized carbons (Fsp3) is 0.400. The van der Waals surface area contributed by atoms with Crippen LogP contribution in [0.15, 0.2) is 58.9 Å². The number of ether oxygens (including phenoxy) is 3. The lowest BCUT2D eigenvalue weighted by atomic mass is 9.80. The van der Waals surface area contributed by atoms with Gasteiger partial charge >= 0.3 is 11.9 Å². The molecule has 1 aliphatic carbocycles. The van der Waals surface area contributed by atoms with Crippen molar-refractivity contribution in [2.75, 3.05) is 32.7 Å². The molecule has 0 spiro atoms. The molecule has 8 nitrogen and oxygen atoms in total. The van der Waals surface area contributed by atoms with Crippen LogP contribution in [0.25, 0.3) is 10.9 Å². The highest BCUT2D eigenvalue weighted by Crippen LogP contribution is 2.42. The van der Waals surface area contributed by atoms with Gasteiger partial charge in [-0.15, -0.1) is 0 Å². The van der Waals surface area contributed by atoms with Crippen molar-refractivity contribution < 1.29 is 23.8 Å². The highest BCUT2D eigenvalue weighted by molar-refractivity contribution is 6.32. The van der Waals surface area contributed by atoms with E-state index in [1.165, 1.54) is 44.0 Å². The Kier molecular flexibility index (Phi) is 10.6. The third-order valence-electron chi connectivity index (χ3n) is 8.47. The first-order valence-electron chi connectivity index (χ1n) is 15.4. The van der Waals surface area contributed by atoms with Crippen molar-refractivity contribution in [3.63, 3.8) is 0 Å². The van der Waals surface area contributed by atoms with Crippen molar-refractivity contribution in [3.05, 3.63) is 85.8 Å². The summed E-state index contributed by atoms with van der Waals surface area (Å²) in [6.07, 6.45) is 7.29. The van der Waals surface area contributed by atoms with Gasteiger partial charge in [-0.3, -0.25) is 4.98 Å². The maximum absolute atomic E-state index is 12.8. The summed E-state index contributed by atoms with van der Waals surface area (Å²) in [4.78, 5) is 30.5. The summed E-state index contributed by atoms with van der Waals surface area (Å²) < 4.78 is 16.1. The van der Waals surface area contributed by atoms with Gasteiger partial charge in [0.15, 0.2) is 0 Å². The molecule has 0 saturated carbocycles. The highest BCUT2D eigenvalue weighted by Gasteiger charge is 2.38. The number of methoxy groups -OCH3 is 2. The highest BCUT2D eigenvalue weighted by atomic mass is 35.5. The van der Waals surface area contributed by atoms with Crippen molar-refractivity contribution in [2.24, 2.45) is 0 Å². The molecule has 45 heavy (non-hydrogen) atoms. The van der Waals surface area contributed by atoms with Crippen LogP contribution in [0, 0.1) is 0 Å². The molecule has 2 N–H and O–H groups in total. The van der Waals surface area contributed by atoms with Gasteiger partial charge in [-0.2, -0.15) is 0 Å². The zero-order valence-electron chi connectivity index (χ0n) is 26.1. The zero-order valence-corrected chi connectivity index (χ0v) is 27.7. The Morgan fingerprint density at radius 2 is 1.64 bits per heavy atom. The third-order valence-corrected chi connectivity index (χ3v) is 9.03. The van der Waals surface area contributed by atoms with E-state index in [0.29, 0.717) is 50.5 Å². The van der Waals surface area contributed by atoms with Gasteiger partial charge in [0.1, 0.15) is 5.75 Å². The van der Waals surface area contributed by atoms with Gasteiger partial charge in [-0.1, -0.05) is 29.3 Å². The van der Waals surface area contributed by atoms with E-state index in [-0.39, 0.29) is 0 Å². The number of aryl methyl sites for hydroxylation is 1. The number of nitrogens with zero attached hydrogens (tertiary/aromatic N) is 1. The molecule has 5 rings (SSSR count). The molecule has 0 bridgehead atoms. The zero-order chi connectivity index (χ0) is 32.1. The number of nitrogens with one attached hydrogen (secondary N) is 2. The van der Waals surface area contributed by atoms with E-state index in [9.17, 15) is 9.59 Å². The topological polar surface area (TPSA) is 98.8 Å². The molecule has 2 heterocycles. The van der Waals surface area contributed by atoms with Crippen LogP contribution in [0.2, 0.25) is 10.0 Å². The lowest BCUT2D eigenvalue weighted by molar-refractivity contribution is -0.137. The Bertz CT molecular complexity index is 1650. The van der Waals surface area contributed by atoms with Crippen molar-refractivity contribution in [3.8, 4) is 5.75 Å². The second-order valence-electron chi connectivity index (χ2n) is 11.4. The number of halogens is 2. The largest absolute Gasteiger partial charge is 0.494 e. The first kappa shape index (κ1) is 32.6. The molecule has 0 saturated heterocycles. The van der Waals surface area contributed by atoms with Gasteiger partial charge < -0.3 is 24.8 Å². The van der Waals surface area contributed by atoms with E-state index < -0.39 is 17.9 Å². The molecule has 1 aliphatic heterocycles. The minimum absolute atomic E-state index is 0.303. The normalized spacial score (nSPS) is 15.1. The van der Waals surface area contributed by atoms with Gasteiger partial charge in [0.2, 0.25) is 0 Å². The van der Waals surface area contributed by atoms with Crippen molar-refractivity contribution in [2.45, 2.75) is 64.7 Å². The number of carbonyl (C=O) groups excluding carboxylic acids is 2. The molecule has 0 fully saturated rings. The lowest BCUT2D eigenvalue weighted by Crippen LogP contribution is -2.32. The summed E-state index contributed by atoms with van der Waals surface area (Å²) in [6, 6.07) is 11.3. The minimum atomic E-state index is -0.750. The summed E-state index contributed by atoms with van der Waals surface area (Å²) in [5, 5.41) is 9.01. The smallest absolute Gasteiger partial charge is 0.336 e. The average Bonchev–Trinajstić information content (AvgIpc) is 3.02. The van der Waals surface area contributed by atoms with Crippen LogP contribution in [0.5, 0.6) is 5.75 Å². The summed E-state index contributed by atoms with van der Waals surface area (Å²) in [6.45, 7) is 4.92. The number of rotatable bonds is 11. The predicted molar refractivity (Wildman–Crippen MR) is 178 cm³/mol. The number of benzene rings is 2. The Hall–Kier alpha value is -3.75. The number of esters is 2. The van der Waals surface area contributed by atoms with Crippen molar-refractivity contribution >= 4 is 51.7 Å². The van der Waals surface area contributed by atoms with E-state index in [1.807, 2.05) is 18.2 Å². The van der Waals surface area contributed by atoms with Crippen LogP contribution < -0.4 is 15.4 Å². The fourth-order valence-electron chi connectivity index (χ4n) is 6.31. The SMILES string of the molecule is COC(=O)C1=C(C)NC(C)=C(C(=O)OC)C1c1ccc(OCCCCCNc2c3c(nc4cc(Cl)ccc24)CCCC3)cc1Cl. The molecule has 0 amide bonds. The molecule has 0 atom stereocenters. The van der Waals surface area contributed by atoms with Gasteiger partial charge in [-0.25, -0.2) is 9.59 Å². The monoisotopic (exact) mass is 651 g/mol. The van der Waals surface area contributed by atoms with Crippen LogP contribution in [-0.4, -0.2) is 44.3 Å². The summed E-state index contributed by atoms with van der Waals surface area (Å²) in [5.74, 6) is -1.23. The van der Waals surface area contributed by atoms with E-state index in [2.05, 4.69) is 16.7 Å². The Morgan fingerprint density at radius 3 is 2.33 bits per heavy atom. The van der Waals surface area contributed by atoms with Crippen LogP contribution in [0.1, 0.15) is 68.7 Å². The van der Waals surface area contributed by atoms with Gasteiger partial charge in [0.05, 0.1) is 43.4 Å². The molecular weight excluding hydrogens is 613 g/mol. The summed E-state index contributed by atoms with van der Waals surface area (Å²) in [7, 11) is 2.61. The molecule has 2 aliphatic rings. The van der Waals surface area contributed by atoms with Crippen LogP contribution in [0.4, 0.5) is 5.69 Å².